The highest BCUT2D eigenvalue weighted by Crippen LogP contribution is 2.40. The summed E-state index contributed by atoms with van der Waals surface area (Å²) in [6, 6.07) is 5.69. The van der Waals surface area contributed by atoms with Crippen LogP contribution in [0.15, 0.2) is 40.3 Å². The monoisotopic (exact) mass is 485 g/mol. The molecule has 0 saturated carbocycles. The van der Waals surface area contributed by atoms with Crippen LogP contribution in [0.2, 0.25) is 5.02 Å². The fourth-order valence-corrected chi connectivity index (χ4v) is 6.26. The number of halogens is 1. The summed E-state index contributed by atoms with van der Waals surface area (Å²) in [7, 11) is 0. The maximum absolute atomic E-state index is 12.4. The van der Waals surface area contributed by atoms with E-state index < -0.39 is 5.60 Å². The molecule has 10 heteroatoms. The Labute approximate surface area is 199 Å². The van der Waals surface area contributed by atoms with Crippen LogP contribution >= 0.6 is 23.4 Å². The Kier molecular flexibility index (Phi) is 5.34. The molecule has 3 aromatic heterocycles. The lowest BCUT2D eigenvalue weighted by molar-refractivity contribution is -0.0135. The summed E-state index contributed by atoms with van der Waals surface area (Å²) in [6.45, 7) is 3.08. The van der Waals surface area contributed by atoms with E-state index in [0.717, 1.165) is 48.8 Å². The van der Waals surface area contributed by atoms with Gasteiger partial charge in [-0.05, 0) is 38.1 Å². The molecule has 172 valence electrons. The molecule has 3 aromatic rings. The van der Waals surface area contributed by atoms with Gasteiger partial charge in [-0.1, -0.05) is 23.4 Å². The summed E-state index contributed by atoms with van der Waals surface area (Å²) < 4.78 is 7.10. The Morgan fingerprint density at radius 2 is 2.12 bits per heavy atom. The van der Waals surface area contributed by atoms with Gasteiger partial charge in [0.2, 0.25) is 0 Å². The van der Waals surface area contributed by atoms with Crippen molar-refractivity contribution < 1.29 is 9.84 Å². The maximum Gasteiger partial charge on any atom is 0.251 e. The van der Waals surface area contributed by atoms with Gasteiger partial charge < -0.3 is 19.7 Å². The van der Waals surface area contributed by atoms with Crippen molar-refractivity contribution in [3.05, 3.63) is 57.2 Å². The van der Waals surface area contributed by atoms with Gasteiger partial charge in [0.15, 0.2) is 5.75 Å². The summed E-state index contributed by atoms with van der Waals surface area (Å²) in [6.07, 6.45) is 5.33. The van der Waals surface area contributed by atoms with E-state index in [1.807, 2.05) is 6.20 Å². The van der Waals surface area contributed by atoms with Gasteiger partial charge in [0.05, 0.1) is 39.4 Å². The first-order valence-electron chi connectivity index (χ1n) is 11.1. The molecule has 0 unspecified atom stereocenters. The molecule has 0 aromatic carbocycles. The number of nitrogens with one attached hydrogen (secondary N) is 1. The van der Waals surface area contributed by atoms with Crippen LogP contribution in [0.1, 0.15) is 24.1 Å². The third-order valence-electron chi connectivity index (χ3n) is 6.80. The molecule has 6 heterocycles. The highest BCUT2D eigenvalue weighted by atomic mass is 35.5. The third kappa shape index (κ3) is 3.81. The number of rotatable bonds is 5. The second-order valence-electron chi connectivity index (χ2n) is 8.96. The molecule has 1 saturated heterocycles. The SMILES string of the molecule is O=c1ccc2ncc(Cl)c3c2n1C[C@@]3(O)CN1CCC(NCc2cc3c(cn2)OCS3)CC1. The van der Waals surface area contributed by atoms with E-state index >= 15 is 0 Å². The lowest BCUT2D eigenvalue weighted by Crippen LogP contribution is -2.48. The normalized spacial score (nSPS) is 22.6. The standard InChI is InChI=1S/C23H24ClN5O3S/c24-16-9-27-17-1-2-20(30)29-12-23(31,21(16)22(17)29)11-28-5-3-14(4-6-28)25-8-15-7-19-18(10-26-15)32-13-33-19/h1-2,7,9-10,14,25,31H,3-6,8,11-13H2/t23-/m0/s1. The number of hydrogen-bond donors (Lipinski definition) is 2. The number of likely N-dealkylation sites (tertiary alicyclic amines) is 1. The average molecular weight is 486 g/mol. The Hall–Kier alpha value is -2.17. The van der Waals surface area contributed by atoms with E-state index in [2.05, 4.69) is 26.3 Å². The number of thioether (sulfide) groups is 1. The van der Waals surface area contributed by atoms with Crippen LogP contribution in [0.4, 0.5) is 0 Å². The zero-order valence-corrected chi connectivity index (χ0v) is 19.5. The van der Waals surface area contributed by atoms with Crippen LogP contribution < -0.4 is 15.6 Å². The van der Waals surface area contributed by atoms with Crippen molar-refractivity contribution in [3.8, 4) is 5.75 Å². The lowest BCUT2D eigenvalue weighted by atomic mass is 9.94. The van der Waals surface area contributed by atoms with Gasteiger partial charge >= 0.3 is 0 Å². The number of aromatic nitrogens is 3. The molecular weight excluding hydrogens is 462 g/mol. The van der Waals surface area contributed by atoms with Crippen molar-refractivity contribution in [3.63, 3.8) is 0 Å². The van der Waals surface area contributed by atoms with Gasteiger partial charge in [-0.2, -0.15) is 0 Å². The second kappa shape index (κ2) is 8.25. The molecule has 33 heavy (non-hydrogen) atoms. The van der Waals surface area contributed by atoms with E-state index in [1.54, 1.807) is 28.6 Å². The average Bonchev–Trinajstić information content (AvgIpc) is 3.40. The number of pyridine rings is 3. The number of aliphatic hydroxyl groups is 1. The number of piperidine rings is 1. The van der Waals surface area contributed by atoms with Crippen LogP contribution in [0.3, 0.4) is 0 Å². The van der Waals surface area contributed by atoms with Crippen molar-refractivity contribution in [1.29, 1.82) is 0 Å². The van der Waals surface area contributed by atoms with Gasteiger partial charge in [-0.25, -0.2) is 0 Å². The molecule has 3 aliphatic heterocycles. The molecular formula is C23H24ClN5O3S. The predicted molar refractivity (Wildman–Crippen MR) is 127 cm³/mol. The van der Waals surface area contributed by atoms with Crippen LogP contribution in [-0.4, -0.2) is 56.2 Å². The summed E-state index contributed by atoms with van der Waals surface area (Å²) in [4.78, 5) is 24.7. The van der Waals surface area contributed by atoms with Crippen molar-refractivity contribution in [2.45, 2.75) is 42.5 Å². The molecule has 0 radical (unpaired) electrons. The molecule has 6 rings (SSSR count). The molecule has 8 nitrogen and oxygen atoms in total. The molecule has 2 N–H and O–H groups in total. The summed E-state index contributed by atoms with van der Waals surface area (Å²) in [5, 5.41) is 15.7. The fourth-order valence-electron chi connectivity index (χ4n) is 5.16. The maximum atomic E-state index is 12.4. The van der Waals surface area contributed by atoms with Crippen molar-refractivity contribution in [1.82, 2.24) is 24.8 Å². The van der Waals surface area contributed by atoms with Gasteiger partial charge in [-0.3, -0.25) is 19.7 Å². The summed E-state index contributed by atoms with van der Waals surface area (Å²) >= 11 is 8.17. The minimum Gasteiger partial charge on any atom is -0.480 e. The lowest BCUT2D eigenvalue weighted by Gasteiger charge is -2.37. The molecule has 0 spiro atoms. The van der Waals surface area contributed by atoms with Crippen molar-refractivity contribution >= 4 is 34.4 Å². The second-order valence-corrected chi connectivity index (χ2v) is 10.3. The van der Waals surface area contributed by atoms with E-state index in [4.69, 9.17) is 16.3 Å². The summed E-state index contributed by atoms with van der Waals surface area (Å²) in [5.41, 5.74) is 1.62. The number of β-amino-alcohol motifs (C(OH)–C–C–N with tert-alkyl or cyclic N) is 1. The zero-order chi connectivity index (χ0) is 22.6. The minimum absolute atomic E-state index is 0.142. The summed E-state index contributed by atoms with van der Waals surface area (Å²) in [5.74, 6) is 1.53. The first-order valence-corrected chi connectivity index (χ1v) is 12.5. The number of ether oxygens (including phenoxy) is 1. The topological polar surface area (TPSA) is 92.5 Å². The zero-order valence-electron chi connectivity index (χ0n) is 18.0. The number of fused-ring (bicyclic) bond motifs is 1. The van der Waals surface area contributed by atoms with Crippen LogP contribution in [0, 0.1) is 0 Å². The van der Waals surface area contributed by atoms with E-state index in [0.29, 0.717) is 40.1 Å². The number of nitrogens with zero attached hydrogens (tertiary/aromatic N) is 4. The Bertz CT molecular complexity index is 1290. The molecule has 1 fully saturated rings. The molecule has 3 aliphatic rings. The number of hydrogen-bond acceptors (Lipinski definition) is 8. The van der Waals surface area contributed by atoms with Crippen LogP contribution in [-0.2, 0) is 18.7 Å². The van der Waals surface area contributed by atoms with E-state index in [1.165, 1.54) is 6.07 Å². The minimum atomic E-state index is -1.21. The van der Waals surface area contributed by atoms with Crippen molar-refractivity contribution in [2.24, 2.45) is 0 Å². The van der Waals surface area contributed by atoms with Gasteiger partial charge in [0.25, 0.3) is 5.56 Å². The quantitative estimate of drug-likeness (QED) is 0.569. The van der Waals surface area contributed by atoms with Crippen LogP contribution in [0.5, 0.6) is 5.75 Å². The largest absolute Gasteiger partial charge is 0.480 e. The Balaban J connectivity index is 1.10. The first-order chi connectivity index (χ1) is 16.0. The third-order valence-corrected chi connectivity index (χ3v) is 7.95. The van der Waals surface area contributed by atoms with Crippen molar-refractivity contribution in [2.75, 3.05) is 25.6 Å². The van der Waals surface area contributed by atoms with Crippen LogP contribution in [0.25, 0.3) is 11.0 Å². The molecule has 1 atom stereocenters. The van der Waals surface area contributed by atoms with E-state index in [-0.39, 0.29) is 12.1 Å². The smallest absolute Gasteiger partial charge is 0.251 e. The molecule has 0 amide bonds. The van der Waals surface area contributed by atoms with Gasteiger partial charge in [-0.15, -0.1) is 0 Å². The van der Waals surface area contributed by atoms with Gasteiger partial charge in [0, 0.05) is 37.0 Å². The molecule has 0 bridgehead atoms. The Morgan fingerprint density at radius 1 is 1.27 bits per heavy atom. The highest BCUT2D eigenvalue weighted by Gasteiger charge is 2.42. The fraction of sp³-hybridized carbons (Fsp3) is 0.435. The molecule has 0 aliphatic carbocycles. The Morgan fingerprint density at radius 3 is 2.97 bits per heavy atom. The van der Waals surface area contributed by atoms with E-state index in [9.17, 15) is 9.90 Å². The first kappa shape index (κ1) is 21.4. The highest BCUT2D eigenvalue weighted by molar-refractivity contribution is 7.99. The predicted octanol–water partition coefficient (Wildman–Crippen LogP) is 2.34. The van der Waals surface area contributed by atoms with Gasteiger partial charge in [0.1, 0.15) is 11.5 Å².